The Morgan fingerprint density at radius 3 is 2.60 bits per heavy atom. The average molecular weight is 338 g/mol. The summed E-state index contributed by atoms with van der Waals surface area (Å²) in [7, 11) is 0. The van der Waals surface area contributed by atoms with E-state index in [4.69, 9.17) is 5.73 Å². The highest BCUT2D eigenvalue weighted by atomic mass is 16.2. The molecule has 6 rings (SSSR count). The first-order valence-electron chi connectivity index (χ1n) is 10.0. The first-order chi connectivity index (χ1) is 11.9. The Morgan fingerprint density at radius 2 is 1.92 bits per heavy atom. The number of nitrogens with zero attached hydrogens (tertiary/aromatic N) is 1. The third-order valence-corrected chi connectivity index (χ3v) is 7.70. The van der Waals surface area contributed by atoms with E-state index < -0.39 is 0 Å². The molecule has 3 heteroatoms. The molecule has 4 bridgehead atoms. The minimum atomic E-state index is -0.131. The quantitative estimate of drug-likeness (QED) is 0.897. The number of amides is 1. The van der Waals surface area contributed by atoms with E-state index >= 15 is 0 Å². The van der Waals surface area contributed by atoms with Gasteiger partial charge < -0.3 is 10.6 Å². The van der Waals surface area contributed by atoms with E-state index in [0.717, 1.165) is 38.8 Å². The molecule has 25 heavy (non-hydrogen) atoms. The Kier molecular flexibility index (Phi) is 3.23. The summed E-state index contributed by atoms with van der Waals surface area (Å²) in [5.41, 5.74) is 7.99. The van der Waals surface area contributed by atoms with Gasteiger partial charge in [-0.25, -0.2) is 0 Å². The molecule has 3 nitrogen and oxygen atoms in total. The van der Waals surface area contributed by atoms with E-state index in [1.54, 1.807) is 0 Å². The molecular formula is C22H30N2O. The highest BCUT2D eigenvalue weighted by Gasteiger charge is 2.65. The third kappa shape index (κ3) is 2.31. The molecular weight excluding hydrogens is 308 g/mol. The number of rotatable bonds is 2. The van der Waals surface area contributed by atoms with Crippen LogP contribution in [0.2, 0.25) is 0 Å². The van der Waals surface area contributed by atoms with Gasteiger partial charge in [-0.15, -0.1) is 0 Å². The second kappa shape index (κ2) is 5.09. The molecule has 5 aliphatic rings. The number of nitrogens with two attached hydrogens (primary N) is 1. The summed E-state index contributed by atoms with van der Waals surface area (Å²) in [4.78, 5) is 15.7. The van der Waals surface area contributed by atoms with Gasteiger partial charge in [0.25, 0.3) is 0 Å². The van der Waals surface area contributed by atoms with Crippen LogP contribution in [0.15, 0.2) is 30.3 Å². The molecule has 2 N–H and O–H groups in total. The van der Waals surface area contributed by atoms with Gasteiger partial charge in [-0.05, 0) is 67.3 Å². The summed E-state index contributed by atoms with van der Waals surface area (Å²) in [6.07, 6.45) is 8.08. The molecule has 0 spiro atoms. The van der Waals surface area contributed by atoms with Crippen molar-refractivity contribution in [3.63, 3.8) is 0 Å². The number of carbonyl (C=O) groups excluding carboxylic acids is 1. The van der Waals surface area contributed by atoms with E-state index in [1.165, 1.54) is 24.8 Å². The lowest BCUT2D eigenvalue weighted by Gasteiger charge is -2.66. The fourth-order valence-corrected chi connectivity index (χ4v) is 7.58. The van der Waals surface area contributed by atoms with Crippen LogP contribution in [0.1, 0.15) is 57.4 Å². The number of hydrogen-bond acceptors (Lipinski definition) is 2. The summed E-state index contributed by atoms with van der Waals surface area (Å²) in [5.74, 6) is 1.14. The largest absolute Gasteiger partial charge is 0.341 e. The van der Waals surface area contributed by atoms with Crippen LogP contribution in [0.25, 0.3) is 0 Å². The molecule has 134 valence electrons. The van der Waals surface area contributed by atoms with Gasteiger partial charge in [0, 0.05) is 19.1 Å². The first kappa shape index (κ1) is 15.9. The number of hydrogen-bond donors (Lipinski definition) is 1. The molecule has 1 aromatic carbocycles. The van der Waals surface area contributed by atoms with E-state index in [2.05, 4.69) is 42.2 Å². The lowest BCUT2D eigenvalue weighted by Crippen LogP contribution is -2.62. The normalized spacial score (nSPS) is 45.1. The second-order valence-corrected chi connectivity index (χ2v) is 10.0. The van der Waals surface area contributed by atoms with Crippen LogP contribution in [-0.4, -0.2) is 29.9 Å². The molecule has 5 atom stereocenters. The summed E-state index contributed by atoms with van der Waals surface area (Å²) in [5, 5.41) is 0. The summed E-state index contributed by atoms with van der Waals surface area (Å²) < 4.78 is 0. The van der Waals surface area contributed by atoms with Gasteiger partial charge in [-0.1, -0.05) is 37.3 Å². The van der Waals surface area contributed by atoms with Crippen LogP contribution in [0, 0.1) is 16.7 Å². The molecule has 1 heterocycles. The lowest BCUT2D eigenvalue weighted by atomic mass is 9.38. The minimum Gasteiger partial charge on any atom is -0.341 e. The lowest BCUT2D eigenvalue weighted by molar-refractivity contribution is -0.169. The molecule has 1 amide bonds. The Hall–Kier alpha value is -1.35. The van der Waals surface area contributed by atoms with Crippen molar-refractivity contribution >= 4 is 5.91 Å². The van der Waals surface area contributed by atoms with Crippen molar-refractivity contribution in [3.05, 3.63) is 35.9 Å². The van der Waals surface area contributed by atoms with E-state index in [-0.39, 0.29) is 16.9 Å². The monoisotopic (exact) mass is 338 g/mol. The molecule has 1 aromatic rings. The van der Waals surface area contributed by atoms with Crippen LogP contribution in [0.4, 0.5) is 0 Å². The van der Waals surface area contributed by atoms with Gasteiger partial charge in [-0.2, -0.15) is 0 Å². The van der Waals surface area contributed by atoms with E-state index in [1.807, 2.05) is 0 Å². The summed E-state index contributed by atoms with van der Waals surface area (Å²) in [6.45, 7) is 4.08. The van der Waals surface area contributed by atoms with Crippen LogP contribution in [0.3, 0.4) is 0 Å². The van der Waals surface area contributed by atoms with Crippen LogP contribution in [-0.2, 0) is 10.2 Å². The second-order valence-electron chi connectivity index (χ2n) is 10.0. The van der Waals surface area contributed by atoms with Crippen molar-refractivity contribution in [1.82, 2.24) is 4.90 Å². The molecule has 4 saturated carbocycles. The molecule has 4 unspecified atom stereocenters. The topological polar surface area (TPSA) is 46.3 Å². The molecule has 5 fully saturated rings. The smallest absolute Gasteiger partial charge is 0.228 e. The van der Waals surface area contributed by atoms with Crippen LogP contribution in [0.5, 0.6) is 0 Å². The maximum atomic E-state index is 13.6. The Morgan fingerprint density at radius 1 is 1.12 bits per heavy atom. The summed E-state index contributed by atoms with van der Waals surface area (Å²) >= 11 is 0. The maximum Gasteiger partial charge on any atom is 0.228 e. The van der Waals surface area contributed by atoms with E-state index in [0.29, 0.717) is 17.2 Å². The van der Waals surface area contributed by atoms with Gasteiger partial charge in [0.15, 0.2) is 0 Å². The molecule has 1 aliphatic heterocycles. The maximum absolute atomic E-state index is 13.6. The number of likely N-dealkylation sites (tertiary alicyclic amines) is 1. The summed E-state index contributed by atoms with van der Waals surface area (Å²) in [6, 6.07) is 11.2. The van der Waals surface area contributed by atoms with Gasteiger partial charge in [0.1, 0.15) is 0 Å². The molecule has 4 aliphatic carbocycles. The standard InChI is InChI=1S/C22H30N2O/c1-20-9-16-10-21(13-20,17-5-3-2-4-6-17)15-22(11-16,14-20)19(25)24-8-7-18(23)12-24/h2-6,16,18H,7-15,23H2,1H3/t16?,18-,20?,21?,22?/m0/s1. The highest BCUT2D eigenvalue weighted by Crippen LogP contribution is 2.70. The molecule has 0 radical (unpaired) electrons. The van der Waals surface area contributed by atoms with E-state index in [9.17, 15) is 4.79 Å². The Balaban J connectivity index is 1.54. The third-order valence-electron chi connectivity index (χ3n) is 7.70. The predicted molar refractivity (Wildman–Crippen MR) is 99.0 cm³/mol. The van der Waals surface area contributed by atoms with Crippen LogP contribution < -0.4 is 5.73 Å². The zero-order valence-electron chi connectivity index (χ0n) is 15.3. The fraction of sp³-hybridized carbons (Fsp3) is 0.682. The van der Waals surface area contributed by atoms with Crippen molar-refractivity contribution in [2.75, 3.05) is 13.1 Å². The Labute approximate surface area is 151 Å². The van der Waals surface area contributed by atoms with Crippen LogP contribution >= 0.6 is 0 Å². The zero-order valence-corrected chi connectivity index (χ0v) is 15.3. The highest BCUT2D eigenvalue weighted by molar-refractivity contribution is 5.84. The molecule has 1 saturated heterocycles. The minimum absolute atomic E-state index is 0.131. The van der Waals surface area contributed by atoms with Gasteiger partial charge in [-0.3, -0.25) is 4.79 Å². The van der Waals surface area contributed by atoms with Gasteiger partial charge in [0.2, 0.25) is 5.91 Å². The van der Waals surface area contributed by atoms with Crippen molar-refractivity contribution in [3.8, 4) is 0 Å². The average Bonchev–Trinajstić information content (AvgIpc) is 2.99. The molecule has 0 aromatic heterocycles. The number of carbonyl (C=O) groups is 1. The van der Waals surface area contributed by atoms with Crippen molar-refractivity contribution in [1.29, 1.82) is 0 Å². The fourth-order valence-electron chi connectivity index (χ4n) is 7.58. The first-order valence-corrected chi connectivity index (χ1v) is 10.0. The predicted octanol–water partition coefficient (Wildman–Crippen LogP) is 3.47. The van der Waals surface area contributed by atoms with Gasteiger partial charge >= 0.3 is 0 Å². The SMILES string of the molecule is CC12CC3CC(C(=O)N4CC[C@H](N)C4)(C1)CC(c1ccccc1)(C3)C2. The van der Waals surface area contributed by atoms with Crippen molar-refractivity contribution in [2.24, 2.45) is 22.5 Å². The van der Waals surface area contributed by atoms with Gasteiger partial charge in [0.05, 0.1) is 5.41 Å². The number of benzene rings is 1. The zero-order chi connectivity index (χ0) is 17.3. The van der Waals surface area contributed by atoms with Crippen molar-refractivity contribution < 1.29 is 4.79 Å². The van der Waals surface area contributed by atoms with Crippen molar-refractivity contribution in [2.45, 2.75) is 63.3 Å². The Bertz CT molecular complexity index is 703.